The van der Waals surface area contributed by atoms with Gasteiger partial charge >= 0.3 is 0 Å². The maximum absolute atomic E-state index is 5.36. The summed E-state index contributed by atoms with van der Waals surface area (Å²) in [6.07, 6.45) is 8.13. The molecule has 0 aliphatic carbocycles. The van der Waals surface area contributed by atoms with Gasteiger partial charge in [0.1, 0.15) is 18.5 Å². The molecule has 1 aromatic heterocycles. The van der Waals surface area contributed by atoms with Crippen molar-refractivity contribution in [1.82, 2.24) is 0 Å². The van der Waals surface area contributed by atoms with E-state index in [-0.39, 0.29) is 0 Å². The van der Waals surface area contributed by atoms with E-state index in [4.69, 9.17) is 9.47 Å². The molecule has 0 fully saturated rings. The largest absolute Gasteiger partial charge is 0.497 e. The maximum atomic E-state index is 5.36. The van der Waals surface area contributed by atoms with Crippen molar-refractivity contribution < 1.29 is 14.0 Å². The van der Waals surface area contributed by atoms with Crippen LogP contribution < -0.4 is 14.0 Å². The van der Waals surface area contributed by atoms with Gasteiger partial charge in [-0.3, -0.25) is 0 Å². The Bertz CT molecular complexity index is 574. The fourth-order valence-electron chi connectivity index (χ4n) is 1.77. The molecule has 0 spiro atoms. The molecule has 3 heteroatoms. The van der Waals surface area contributed by atoms with Gasteiger partial charge < -0.3 is 9.47 Å². The van der Waals surface area contributed by atoms with E-state index in [2.05, 4.69) is 18.2 Å². The third kappa shape index (κ3) is 3.35. The lowest BCUT2D eigenvalue weighted by Gasteiger charge is -2.07. The third-order valence-corrected chi connectivity index (χ3v) is 2.90. The molecule has 19 heavy (non-hydrogen) atoms. The van der Waals surface area contributed by atoms with Gasteiger partial charge in [-0.15, -0.1) is 0 Å². The van der Waals surface area contributed by atoms with Crippen molar-refractivity contribution >= 4 is 12.2 Å². The van der Waals surface area contributed by atoms with Crippen LogP contribution in [0.1, 0.15) is 11.1 Å². The molecular weight excluding hydrogens is 238 g/mol. The van der Waals surface area contributed by atoms with E-state index in [9.17, 15) is 0 Å². The number of benzene rings is 1. The van der Waals surface area contributed by atoms with Crippen LogP contribution in [0, 0.1) is 0 Å². The van der Waals surface area contributed by atoms with Gasteiger partial charge in [-0.05, 0) is 17.7 Å². The fourth-order valence-corrected chi connectivity index (χ4v) is 1.77. The number of nitrogens with zero attached hydrogens (tertiary/aromatic N) is 1. The van der Waals surface area contributed by atoms with Crippen LogP contribution in [0.3, 0.4) is 0 Å². The molecule has 0 radical (unpaired) electrons. The number of aryl methyl sites for hydroxylation is 1. The lowest BCUT2D eigenvalue weighted by atomic mass is 10.1. The van der Waals surface area contributed by atoms with Gasteiger partial charge in [-0.25, -0.2) is 4.57 Å². The molecule has 0 aliphatic rings. The van der Waals surface area contributed by atoms with Crippen molar-refractivity contribution in [2.45, 2.75) is 0 Å². The Hall–Kier alpha value is -2.29. The zero-order valence-corrected chi connectivity index (χ0v) is 11.5. The summed E-state index contributed by atoms with van der Waals surface area (Å²) in [6, 6.07) is 9.91. The van der Waals surface area contributed by atoms with Crippen molar-refractivity contribution in [3.8, 4) is 11.5 Å². The molecule has 98 valence electrons. The van der Waals surface area contributed by atoms with Crippen LogP contribution in [0.15, 0.2) is 42.7 Å². The summed E-state index contributed by atoms with van der Waals surface area (Å²) < 4.78 is 12.5. The molecule has 1 aromatic carbocycles. The quantitative estimate of drug-likeness (QED) is 0.785. The number of aromatic nitrogens is 1. The van der Waals surface area contributed by atoms with E-state index in [1.807, 2.05) is 48.3 Å². The predicted octanol–water partition coefficient (Wildman–Crippen LogP) is 2.70. The molecule has 1 heterocycles. The number of hydrogen-bond acceptors (Lipinski definition) is 2. The lowest BCUT2D eigenvalue weighted by Crippen LogP contribution is -2.25. The Morgan fingerprint density at radius 3 is 2.32 bits per heavy atom. The van der Waals surface area contributed by atoms with Crippen LogP contribution in [-0.2, 0) is 7.05 Å². The standard InChI is InChI=1S/C16H18NO2/c1-17-10-8-13(9-11-17)4-5-14-6-7-15(18-2)12-16(14)19-3/h4-12H,1-3H3/q+1. The van der Waals surface area contributed by atoms with E-state index in [1.54, 1.807) is 14.2 Å². The average Bonchev–Trinajstić information content (AvgIpc) is 2.46. The number of methoxy groups -OCH3 is 2. The van der Waals surface area contributed by atoms with Gasteiger partial charge in [0.25, 0.3) is 0 Å². The zero-order chi connectivity index (χ0) is 13.7. The van der Waals surface area contributed by atoms with Crippen LogP contribution >= 0.6 is 0 Å². The Morgan fingerprint density at radius 2 is 1.68 bits per heavy atom. The van der Waals surface area contributed by atoms with Crippen LogP contribution in [0.4, 0.5) is 0 Å². The second-order valence-electron chi connectivity index (χ2n) is 4.24. The molecule has 0 aliphatic heterocycles. The fraction of sp³-hybridized carbons (Fsp3) is 0.188. The van der Waals surface area contributed by atoms with Crippen molar-refractivity contribution in [1.29, 1.82) is 0 Å². The van der Waals surface area contributed by atoms with Crippen molar-refractivity contribution in [3.05, 3.63) is 53.9 Å². The summed E-state index contributed by atoms with van der Waals surface area (Å²) in [6.45, 7) is 0. The predicted molar refractivity (Wildman–Crippen MR) is 76.1 cm³/mol. The third-order valence-electron chi connectivity index (χ3n) is 2.90. The van der Waals surface area contributed by atoms with E-state index >= 15 is 0 Å². The molecule has 2 rings (SSSR count). The highest BCUT2D eigenvalue weighted by Crippen LogP contribution is 2.26. The van der Waals surface area contributed by atoms with E-state index in [0.29, 0.717) is 0 Å². The Labute approximate surface area is 113 Å². The first kappa shape index (κ1) is 13.1. The molecule has 0 amide bonds. The first-order valence-corrected chi connectivity index (χ1v) is 6.08. The first-order chi connectivity index (χ1) is 9.22. The number of ether oxygens (including phenoxy) is 2. The monoisotopic (exact) mass is 256 g/mol. The first-order valence-electron chi connectivity index (χ1n) is 6.08. The maximum Gasteiger partial charge on any atom is 0.169 e. The minimum absolute atomic E-state index is 0.792. The second-order valence-corrected chi connectivity index (χ2v) is 4.24. The Balaban J connectivity index is 2.25. The molecular formula is C16H18NO2+. The molecule has 0 saturated carbocycles. The summed E-state index contributed by atoms with van der Waals surface area (Å²) in [5, 5.41) is 0. The highest BCUT2D eigenvalue weighted by molar-refractivity contribution is 5.72. The molecule has 0 bridgehead atoms. The van der Waals surface area contributed by atoms with E-state index < -0.39 is 0 Å². The van der Waals surface area contributed by atoms with E-state index in [0.717, 1.165) is 22.6 Å². The lowest BCUT2D eigenvalue weighted by molar-refractivity contribution is -0.671. The van der Waals surface area contributed by atoms with Crippen LogP contribution in [0.5, 0.6) is 11.5 Å². The second kappa shape index (κ2) is 6.05. The minimum atomic E-state index is 0.792. The summed E-state index contributed by atoms with van der Waals surface area (Å²) in [7, 11) is 5.31. The highest BCUT2D eigenvalue weighted by atomic mass is 16.5. The molecule has 0 unspecified atom stereocenters. The van der Waals surface area contributed by atoms with Crippen molar-refractivity contribution in [2.75, 3.05) is 14.2 Å². The summed E-state index contributed by atoms with van der Waals surface area (Å²) in [5.74, 6) is 1.60. The number of hydrogen-bond donors (Lipinski definition) is 0. The van der Waals surface area contributed by atoms with Gasteiger partial charge in [0.05, 0.1) is 14.2 Å². The Kier molecular flexibility index (Phi) is 4.18. The summed E-state index contributed by atoms with van der Waals surface area (Å²) in [4.78, 5) is 0. The Morgan fingerprint density at radius 1 is 0.947 bits per heavy atom. The smallest absolute Gasteiger partial charge is 0.169 e. The highest BCUT2D eigenvalue weighted by Gasteiger charge is 2.02. The normalized spacial score (nSPS) is 10.7. The SMILES string of the molecule is COc1ccc(C=Cc2cc[n+](C)cc2)c(OC)c1. The van der Waals surface area contributed by atoms with Gasteiger partial charge in [0.15, 0.2) is 12.4 Å². The summed E-state index contributed by atoms with van der Waals surface area (Å²) in [5.41, 5.74) is 2.17. The van der Waals surface area contributed by atoms with Crippen LogP contribution in [-0.4, -0.2) is 14.2 Å². The van der Waals surface area contributed by atoms with Gasteiger partial charge in [0, 0.05) is 23.8 Å². The minimum Gasteiger partial charge on any atom is -0.497 e. The molecule has 0 atom stereocenters. The average molecular weight is 256 g/mol. The van der Waals surface area contributed by atoms with Crippen LogP contribution in [0.25, 0.3) is 12.2 Å². The van der Waals surface area contributed by atoms with Crippen molar-refractivity contribution in [2.24, 2.45) is 7.05 Å². The summed E-state index contributed by atoms with van der Waals surface area (Å²) >= 11 is 0. The van der Waals surface area contributed by atoms with Crippen molar-refractivity contribution in [3.63, 3.8) is 0 Å². The molecule has 0 saturated heterocycles. The number of rotatable bonds is 4. The molecule has 3 nitrogen and oxygen atoms in total. The molecule has 2 aromatic rings. The molecule has 0 N–H and O–H groups in total. The van der Waals surface area contributed by atoms with Gasteiger partial charge in [-0.1, -0.05) is 12.2 Å². The number of pyridine rings is 1. The van der Waals surface area contributed by atoms with Gasteiger partial charge in [-0.2, -0.15) is 0 Å². The topological polar surface area (TPSA) is 22.3 Å². The zero-order valence-electron chi connectivity index (χ0n) is 11.5. The van der Waals surface area contributed by atoms with Gasteiger partial charge in [0.2, 0.25) is 0 Å². The van der Waals surface area contributed by atoms with E-state index in [1.165, 1.54) is 0 Å². The van der Waals surface area contributed by atoms with Crippen LogP contribution in [0.2, 0.25) is 0 Å².